The number of methoxy groups -OCH3 is 1. The van der Waals surface area contributed by atoms with E-state index in [0.29, 0.717) is 24.6 Å². The van der Waals surface area contributed by atoms with E-state index in [2.05, 4.69) is 12.7 Å². The molecule has 0 unspecified atom stereocenters. The zero-order valence-corrected chi connectivity index (χ0v) is 17.4. The maximum absolute atomic E-state index is 12.9. The van der Waals surface area contributed by atoms with E-state index in [9.17, 15) is 8.78 Å². The molecule has 25 heavy (non-hydrogen) atoms. The molecule has 0 aliphatic carbocycles. The van der Waals surface area contributed by atoms with Crippen molar-refractivity contribution in [1.29, 1.82) is 0 Å². The molecule has 1 aromatic carbocycles. The van der Waals surface area contributed by atoms with Gasteiger partial charge in [0.1, 0.15) is 5.75 Å². The first kappa shape index (κ1) is 22.0. The van der Waals surface area contributed by atoms with E-state index in [-0.39, 0.29) is 32.7 Å². The van der Waals surface area contributed by atoms with E-state index >= 15 is 0 Å². The summed E-state index contributed by atoms with van der Waals surface area (Å²) >= 11 is 0. The molecule has 1 aromatic rings. The smallest absolute Gasteiger partial charge is 0.256 e. The second-order valence-electron chi connectivity index (χ2n) is 5.49. The van der Waals surface area contributed by atoms with Crippen LogP contribution in [0.15, 0.2) is 48.2 Å². The molecule has 6 heteroatoms. The van der Waals surface area contributed by atoms with E-state index in [0.717, 1.165) is 23.3 Å². The van der Waals surface area contributed by atoms with E-state index in [4.69, 9.17) is 9.47 Å². The Balaban J connectivity index is 0.00000312. The van der Waals surface area contributed by atoms with Crippen LogP contribution in [0.1, 0.15) is 18.9 Å². The van der Waals surface area contributed by atoms with Gasteiger partial charge in [-0.15, -0.1) is 17.7 Å². The molecule has 0 saturated carbocycles. The number of allylic oxidation sites excluding steroid dienone is 3. The van der Waals surface area contributed by atoms with Gasteiger partial charge in [-0.2, -0.15) is 12.2 Å². The van der Waals surface area contributed by atoms with Gasteiger partial charge in [0, 0.05) is 52.8 Å². The van der Waals surface area contributed by atoms with Gasteiger partial charge in [-0.1, -0.05) is 24.8 Å². The van der Waals surface area contributed by atoms with Gasteiger partial charge in [-0.25, -0.2) is 8.78 Å². The molecule has 0 bridgehead atoms. The van der Waals surface area contributed by atoms with E-state index in [1.165, 1.54) is 4.90 Å². The predicted octanol–water partition coefficient (Wildman–Crippen LogP) is 4.28. The van der Waals surface area contributed by atoms with Gasteiger partial charge in [0.15, 0.2) is 0 Å². The van der Waals surface area contributed by atoms with Gasteiger partial charge in [-0.05, 0) is 17.8 Å². The van der Waals surface area contributed by atoms with Crippen molar-refractivity contribution in [2.24, 2.45) is 0 Å². The quantitative estimate of drug-likeness (QED) is 0.460. The van der Waals surface area contributed by atoms with Crippen LogP contribution in [0.25, 0.3) is 5.70 Å². The summed E-state index contributed by atoms with van der Waals surface area (Å²) in [6.45, 7) is 6.56. The largest absolute Gasteiger partial charge is 0.494 e. The molecule has 3 nitrogen and oxygen atoms in total. The number of ether oxygens (including phenoxy) is 2. The number of hydrogen-bond acceptors (Lipinski definition) is 3. The zero-order valence-electron chi connectivity index (χ0n) is 14.6. The Kier molecular flexibility index (Phi) is 9.54. The van der Waals surface area contributed by atoms with Crippen LogP contribution in [0, 0.1) is 6.08 Å². The summed E-state index contributed by atoms with van der Waals surface area (Å²) in [5.41, 5.74) is 2.79. The topological polar surface area (TPSA) is 21.7 Å². The maximum atomic E-state index is 12.9. The standard InChI is InChI=1S/C19H22F2NO2.Y/c1-14-5-10-18(22(15(14)2)13-19(20)21)16-6-8-17(9-7-16)24-12-4-11-23-3;/h5-9,19H,2,4,11-13H2,1,3H3;/q-1;. The van der Waals surface area contributed by atoms with Crippen LogP contribution >= 0.6 is 0 Å². The predicted molar refractivity (Wildman–Crippen MR) is 90.7 cm³/mol. The minimum Gasteiger partial charge on any atom is -0.494 e. The van der Waals surface area contributed by atoms with Gasteiger partial charge in [0.2, 0.25) is 0 Å². The Morgan fingerprint density at radius 3 is 2.48 bits per heavy atom. The summed E-state index contributed by atoms with van der Waals surface area (Å²) in [4.78, 5) is 1.51. The molecule has 1 aliphatic rings. The molecule has 0 spiro atoms. The molecule has 0 atom stereocenters. The third kappa shape index (κ3) is 6.32. The van der Waals surface area contributed by atoms with E-state index < -0.39 is 13.0 Å². The Hall–Kier alpha value is -1.04. The maximum Gasteiger partial charge on any atom is 0.256 e. The molecule has 0 amide bonds. The number of benzene rings is 1. The average Bonchev–Trinajstić information content (AvgIpc) is 2.56. The number of alkyl halides is 2. The summed E-state index contributed by atoms with van der Waals surface area (Å²) < 4.78 is 36.4. The summed E-state index contributed by atoms with van der Waals surface area (Å²) in [6, 6.07) is 7.33. The number of hydrogen-bond donors (Lipinski definition) is 0. The Morgan fingerprint density at radius 2 is 1.88 bits per heavy atom. The first-order valence-corrected chi connectivity index (χ1v) is 7.80. The number of nitrogens with zero attached hydrogens (tertiary/aromatic N) is 1. The summed E-state index contributed by atoms with van der Waals surface area (Å²) in [5.74, 6) is 0.734. The Bertz CT molecular complexity index is 627. The van der Waals surface area contributed by atoms with Crippen molar-refractivity contribution in [3.8, 4) is 5.75 Å². The minimum absolute atomic E-state index is 0. The molecule has 1 heterocycles. The van der Waals surface area contributed by atoms with E-state index in [1.54, 1.807) is 13.2 Å². The summed E-state index contributed by atoms with van der Waals surface area (Å²) in [6.07, 6.45) is 3.21. The third-order valence-corrected chi connectivity index (χ3v) is 3.69. The molecular formula is C19H22F2NO2Y-. The molecule has 1 radical (unpaired) electrons. The fourth-order valence-electron chi connectivity index (χ4n) is 2.37. The van der Waals surface area contributed by atoms with Crippen molar-refractivity contribution in [3.63, 3.8) is 0 Å². The van der Waals surface area contributed by atoms with Crippen molar-refractivity contribution in [2.45, 2.75) is 19.8 Å². The molecule has 0 N–H and O–H groups in total. The fourth-order valence-corrected chi connectivity index (χ4v) is 2.37. The normalized spacial score (nSPS) is 14.1. The van der Waals surface area contributed by atoms with Gasteiger partial charge in [0.05, 0.1) is 13.2 Å². The van der Waals surface area contributed by atoms with Gasteiger partial charge < -0.3 is 14.4 Å². The molecule has 1 aliphatic heterocycles. The van der Waals surface area contributed by atoms with Gasteiger partial charge in [0.25, 0.3) is 6.43 Å². The fraction of sp³-hybridized carbons (Fsp3) is 0.368. The van der Waals surface area contributed by atoms with Crippen LogP contribution in [0.3, 0.4) is 0 Å². The van der Waals surface area contributed by atoms with Crippen molar-refractivity contribution < 1.29 is 51.0 Å². The van der Waals surface area contributed by atoms with Crippen molar-refractivity contribution in [1.82, 2.24) is 4.90 Å². The monoisotopic (exact) mass is 423 g/mol. The van der Waals surface area contributed by atoms with E-state index in [1.807, 2.05) is 31.2 Å². The average molecular weight is 423 g/mol. The molecule has 2 rings (SSSR count). The Morgan fingerprint density at radius 1 is 1.20 bits per heavy atom. The van der Waals surface area contributed by atoms with Gasteiger partial charge in [-0.3, -0.25) is 0 Å². The van der Waals surface area contributed by atoms with Gasteiger partial charge >= 0.3 is 0 Å². The van der Waals surface area contributed by atoms with Crippen LogP contribution in [0.2, 0.25) is 0 Å². The SMILES string of the molecule is C=C1C(C)=C[C-]=C(c2ccc(OCCCOC)cc2)N1CC(F)F.[Y]. The van der Waals surface area contributed by atoms with Crippen LogP contribution in [-0.4, -0.2) is 38.2 Å². The summed E-state index contributed by atoms with van der Waals surface area (Å²) in [5, 5.41) is 0. The molecule has 0 fully saturated rings. The molecule has 0 saturated heterocycles. The van der Waals surface area contributed by atoms with Crippen LogP contribution < -0.4 is 4.74 Å². The first-order valence-electron chi connectivity index (χ1n) is 7.80. The Labute approximate surface area is 173 Å². The summed E-state index contributed by atoms with van der Waals surface area (Å²) in [7, 11) is 1.65. The zero-order chi connectivity index (χ0) is 17.5. The van der Waals surface area contributed by atoms with Crippen LogP contribution in [0.4, 0.5) is 8.78 Å². The number of rotatable bonds is 8. The van der Waals surface area contributed by atoms with Crippen LogP contribution in [-0.2, 0) is 37.4 Å². The van der Waals surface area contributed by atoms with Crippen LogP contribution in [0.5, 0.6) is 5.75 Å². The third-order valence-electron chi connectivity index (χ3n) is 3.69. The first-order chi connectivity index (χ1) is 11.5. The minimum atomic E-state index is -2.45. The molecule has 133 valence electrons. The van der Waals surface area contributed by atoms with Crippen molar-refractivity contribution in [3.05, 3.63) is 59.8 Å². The second kappa shape index (κ2) is 10.8. The molecule has 0 aromatic heterocycles. The second-order valence-corrected chi connectivity index (χ2v) is 5.49. The van der Waals surface area contributed by atoms with Crippen molar-refractivity contribution >= 4 is 5.70 Å². The number of halogens is 2. The van der Waals surface area contributed by atoms with Crippen molar-refractivity contribution in [2.75, 3.05) is 26.9 Å². The molecular weight excluding hydrogens is 401 g/mol.